The molecule has 1 aliphatic rings. The number of hydrogen-bond donors (Lipinski definition) is 1. The SMILES string of the molecule is Cc1ccnc(-c2noc([C@@H]3CCCCN3)n2)c1. The van der Waals surface area contributed by atoms with Gasteiger partial charge in [0.05, 0.1) is 6.04 Å². The lowest BCUT2D eigenvalue weighted by Gasteiger charge is -2.19. The summed E-state index contributed by atoms with van der Waals surface area (Å²) in [5, 5.41) is 7.41. The molecule has 2 aromatic rings. The van der Waals surface area contributed by atoms with Gasteiger partial charge in [-0.25, -0.2) is 0 Å². The fourth-order valence-electron chi connectivity index (χ4n) is 2.20. The van der Waals surface area contributed by atoms with Crippen LogP contribution in [0.1, 0.15) is 36.8 Å². The molecule has 0 radical (unpaired) electrons. The van der Waals surface area contributed by atoms with Gasteiger partial charge in [0.15, 0.2) is 0 Å². The van der Waals surface area contributed by atoms with Crippen molar-refractivity contribution in [3.05, 3.63) is 29.8 Å². The topological polar surface area (TPSA) is 63.8 Å². The van der Waals surface area contributed by atoms with Crippen LogP contribution in [-0.2, 0) is 0 Å². The molecule has 0 bridgehead atoms. The highest BCUT2D eigenvalue weighted by molar-refractivity contribution is 5.48. The number of pyridine rings is 1. The minimum absolute atomic E-state index is 0.199. The van der Waals surface area contributed by atoms with Gasteiger partial charge >= 0.3 is 0 Å². The highest BCUT2D eigenvalue weighted by Gasteiger charge is 2.21. The molecular formula is C13H16N4O. The van der Waals surface area contributed by atoms with Crippen LogP contribution >= 0.6 is 0 Å². The summed E-state index contributed by atoms with van der Waals surface area (Å²) in [5.74, 6) is 1.24. The first-order chi connectivity index (χ1) is 8.83. The van der Waals surface area contributed by atoms with Gasteiger partial charge in [-0.05, 0) is 44.0 Å². The Balaban J connectivity index is 1.84. The first-order valence-electron chi connectivity index (χ1n) is 6.33. The van der Waals surface area contributed by atoms with Gasteiger partial charge in [-0.2, -0.15) is 4.98 Å². The number of nitrogens with zero attached hydrogens (tertiary/aromatic N) is 3. The van der Waals surface area contributed by atoms with Crippen LogP contribution in [0.3, 0.4) is 0 Å². The third-order valence-corrected chi connectivity index (χ3v) is 3.19. The number of hydrogen-bond acceptors (Lipinski definition) is 5. The molecule has 0 aromatic carbocycles. The zero-order valence-corrected chi connectivity index (χ0v) is 10.4. The molecule has 0 amide bonds. The van der Waals surface area contributed by atoms with Crippen molar-refractivity contribution in [2.24, 2.45) is 0 Å². The van der Waals surface area contributed by atoms with Crippen molar-refractivity contribution >= 4 is 0 Å². The van der Waals surface area contributed by atoms with Crippen molar-refractivity contribution < 1.29 is 4.52 Å². The van der Waals surface area contributed by atoms with Gasteiger partial charge in [-0.15, -0.1) is 0 Å². The molecular weight excluding hydrogens is 228 g/mol. The van der Waals surface area contributed by atoms with Gasteiger partial charge in [0.25, 0.3) is 0 Å². The molecule has 1 fully saturated rings. The predicted molar refractivity (Wildman–Crippen MR) is 66.9 cm³/mol. The normalized spacial score (nSPS) is 19.9. The maximum Gasteiger partial charge on any atom is 0.244 e. The van der Waals surface area contributed by atoms with Crippen molar-refractivity contribution in [1.29, 1.82) is 0 Å². The molecule has 94 valence electrons. The van der Waals surface area contributed by atoms with Crippen LogP contribution in [0.25, 0.3) is 11.5 Å². The molecule has 0 unspecified atom stereocenters. The molecule has 0 aliphatic carbocycles. The second kappa shape index (κ2) is 4.86. The summed E-state index contributed by atoms with van der Waals surface area (Å²) in [7, 11) is 0. The fraction of sp³-hybridized carbons (Fsp3) is 0.462. The quantitative estimate of drug-likeness (QED) is 0.877. The number of aromatic nitrogens is 3. The molecule has 1 atom stereocenters. The van der Waals surface area contributed by atoms with Crippen LogP contribution < -0.4 is 5.32 Å². The highest BCUT2D eigenvalue weighted by atomic mass is 16.5. The Morgan fingerprint density at radius 2 is 2.33 bits per heavy atom. The van der Waals surface area contributed by atoms with Crippen molar-refractivity contribution in [3.63, 3.8) is 0 Å². The van der Waals surface area contributed by atoms with E-state index in [1.54, 1.807) is 6.20 Å². The second-order valence-electron chi connectivity index (χ2n) is 4.68. The molecule has 5 heteroatoms. The Morgan fingerprint density at radius 3 is 3.11 bits per heavy atom. The largest absolute Gasteiger partial charge is 0.337 e. The lowest BCUT2D eigenvalue weighted by Crippen LogP contribution is -2.26. The molecule has 1 aliphatic heterocycles. The third kappa shape index (κ3) is 2.26. The summed E-state index contributed by atoms with van der Waals surface area (Å²) in [6.07, 6.45) is 5.25. The number of piperidine rings is 1. The molecule has 1 N–H and O–H groups in total. The standard InChI is InChI=1S/C13H16N4O/c1-9-5-7-15-11(8-9)12-16-13(18-17-12)10-4-2-3-6-14-10/h5,7-8,10,14H,2-4,6H2,1H3/t10-/m0/s1. The second-order valence-corrected chi connectivity index (χ2v) is 4.68. The van der Waals surface area contributed by atoms with E-state index < -0.39 is 0 Å². The Hall–Kier alpha value is -1.75. The molecule has 0 saturated carbocycles. The lowest BCUT2D eigenvalue weighted by atomic mass is 10.1. The van der Waals surface area contributed by atoms with Gasteiger partial charge in [0, 0.05) is 6.20 Å². The van der Waals surface area contributed by atoms with Gasteiger partial charge < -0.3 is 9.84 Å². The summed E-state index contributed by atoms with van der Waals surface area (Å²) < 4.78 is 5.33. The van der Waals surface area contributed by atoms with E-state index in [9.17, 15) is 0 Å². The number of aryl methyl sites for hydroxylation is 1. The zero-order valence-electron chi connectivity index (χ0n) is 10.4. The van der Waals surface area contributed by atoms with E-state index in [4.69, 9.17) is 4.52 Å². The molecule has 18 heavy (non-hydrogen) atoms. The first-order valence-corrected chi connectivity index (χ1v) is 6.33. The van der Waals surface area contributed by atoms with E-state index in [-0.39, 0.29) is 6.04 Å². The summed E-state index contributed by atoms with van der Waals surface area (Å²) >= 11 is 0. The lowest BCUT2D eigenvalue weighted by molar-refractivity contribution is 0.297. The fourth-order valence-corrected chi connectivity index (χ4v) is 2.20. The molecule has 1 saturated heterocycles. The number of rotatable bonds is 2. The van der Waals surface area contributed by atoms with E-state index in [1.807, 2.05) is 19.1 Å². The molecule has 0 spiro atoms. The summed E-state index contributed by atoms with van der Waals surface area (Å²) in [5.41, 5.74) is 1.91. The van der Waals surface area contributed by atoms with Crippen molar-refractivity contribution in [3.8, 4) is 11.5 Å². The molecule has 3 heterocycles. The molecule has 3 rings (SSSR count). The Labute approximate surface area is 106 Å². The van der Waals surface area contributed by atoms with Crippen LogP contribution in [0.15, 0.2) is 22.9 Å². The van der Waals surface area contributed by atoms with E-state index in [2.05, 4.69) is 20.4 Å². The van der Waals surface area contributed by atoms with Crippen LogP contribution in [0.4, 0.5) is 0 Å². The van der Waals surface area contributed by atoms with E-state index >= 15 is 0 Å². The Morgan fingerprint density at radius 1 is 1.39 bits per heavy atom. The predicted octanol–water partition coefficient (Wildman–Crippen LogP) is 2.25. The van der Waals surface area contributed by atoms with Crippen LogP contribution in [0, 0.1) is 6.92 Å². The Kier molecular flexibility index (Phi) is 3.06. The van der Waals surface area contributed by atoms with Crippen molar-refractivity contribution in [1.82, 2.24) is 20.4 Å². The minimum atomic E-state index is 0.199. The van der Waals surface area contributed by atoms with Gasteiger partial charge in [0.2, 0.25) is 11.7 Å². The first kappa shape index (κ1) is 11.3. The van der Waals surface area contributed by atoms with Crippen LogP contribution in [-0.4, -0.2) is 21.7 Å². The van der Waals surface area contributed by atoms with Crippen molar-refractivity contribution in [2.45, 2.75) is 32.2 Å². The summed E-state index contributed by atoms with van der Waals surface area (Å²) in [6, 6.07) is 4.11. The summed E-state index contributed by atoms with van der Waals surface area (Å²) in [6.45, 7) is 3.04. The average molecular weight is 244 g/mol. The maximum absolute atomic E-state index is 5.33. The van der Waals surface area contributed by atoms with E-state index in [0.717, 1.165) is 24.2 Å². The zero-order chi connectivity index (χ0) is 12.4. The molecule has 2 aromatic heterocycles. The van der Waals surface area contributed by atoms with Gasteiger partial charge in [-0.1, -0.05) is 11.6 Å². The van der Waals surface area contributed by atoms with Gasteiger partial charge in [0.1, 0.15) is 5.69 Å². The van der Waals surface area contributed by atoms with Crippen LogP contribution in [0.2, 0.25) is 0 Å². The van der Waals surface area contributed by atoms with Gasteiger partial charge in [-0.3, -0.25) is 4.98 Å². The molecule has 5 nitrogen and oxygen atoms in total. The van der Waals surface area contributed by atoms with Crippen molar-refractivity contribution in [2.75, 3.05) is 6.54 Å². The van der Waals surface area contributed by atoms with E-state index in [1.165, 1.54) is 12.8 Å². The highest BCUT2D eigenvalue weighted by Crippen LogP contribution is 2.23. The summed E-state index contributed by atoms with van der Waals surface area (Å²) in [4.78, 5) is 8.71. The average Bonchev–Trinajstić information content (AvgIpc) is 2.89. The minimum Gasteiger partial charge on any atom is -0.337 e. The number of nitrogens with one attached hydrogen (secondary N) is 1. The monoisotopic (exact) mass is 244 g/mol. The van der Waals surface area contributed by atoms with Crippen LogP contribution in [0.5, 0.6) is 0 Å². The Bertz CT molecular complexity index is 531. The smallest absolute Gasteiger partial charge is 0.244 e. The third-order valence-electron chi connectivity index (χ3n) is 3.19. The maximum atomic E-state index is 5.33. The van der Waals surface area contributed by atoms with E-state index in [0.29, 0.717) is 11.7 Å².